The zero-order chi connectivity index (χ0) is 19.9. The Balaban J connectivity index is 1.77. The summed E-state index contributed by atoms with van der Waals surface area (Å²) in [5.41, 5.74) is 0.681. The molecule has 0 aliphatic heterocycles. The van der Waals surface area contributed by atoms with Gasteiger partial charge in [0.25, 0.3) is 0 Å². The second-order valence-corrected chi connectivity index (χ2v) is 7.68. The van der Waals surface area contributed by atoms with E-state index in [1.54, 1.807) is 31.5 Å². The van der Waals surface area contributed by atoms with Crippen molar-refractivity contribution in [2.24, 2.45) is 5.14 Å². The average Bonchev–Trinajstić information content (AvgIpc) is 3.16. The van der Waals surface area contributed by atoms with Crippen LogP contribution < -0.4 is 10.5 Å². The van der Waals surface area contributed by atoms with Crippen LogP contribution in [0, 0.1) is 0 Å². The molecule has 0 fully saturated rings. The summed E-state index contributed by atoms with van der Waals surface area (Å²) in [6.45, 7) is 3.18. The summed E-state index contributed by atoms with van der Waals surface area (Å²) in [4.78, 5) is 13.8. The lowest BCUT2D eigenvalue weighted by Crippen LogP contribution is -2.39. The van der Waals surface area contributed by atoms with Gasteiger partial charge < -0.3 is 19.4 Å². The third-order valence-electron chi connectivity index (χ3n) is 4.14. The zero-order valence-electron chi connectivity index (χ0n) is 15.4. The Morgan fingerprint density at radius 3 is 2.78 bits per heavy atom. The van der Waals surface area contributed by atoms with Gasteiger partial charge in [0.15, 0.2) is 0 Å². The highest BCUT2D eigenvalue weighted by Crippen LogP contribution is 2.21. The number of urea groups is 1. The highest BCUT2D eigenvalue weighted by molar-refractivity contribution is 7.89. The molecule has 0 saturated heterocycles. The van der Waals surface area contributed by atoms with Crippen LogP contribution in [-0.4, -0.2) is 39.5 Å². The van der Waals surface area contributed by atoms with Crippen molar-refractivity contribution in [3.05, 3.63) is 54.0 Å². The van der Waals surface area contributed by atoms with E-state index in [1.165, 1.54) is 17.0 Å². The Kier molecular flexibility index (Phi) is 7.40. The van der Waals surface area contributed by atoms with E-state index >= 15 is 0 Å². The molecule has 8 nitrogen and oxygen atoms in total. The number of hydrogen-bond acceptors (Lipinski definition) is 5. The minimum atomic E-state index is -3.78. The average molecular weight is 395 g/mol. The van der Waals surface area contributed by atoms with E-state index in [-0.39, 0.29) is 17.0 Å². The predicted octanol–water partition coefficient (Wildman–Crippen LogP) is 2.24. The van der Waals surface area contributed by atoms with E-state index in [2.05, 4.69) is 5.32 Å². The molecule has 0 unspecified atom stereocenters. The number of benzene rings is 1. The number of furan rings is 1. The number of nitrogens with zero attached hydrogens (tertiary/aromatic N) is 1. The highest BCUT2D eigenvalue weighted by Gasteiger charge is 2.18. The molecule has 0 aliphatic carbocycles. The fraction of sp³-hybridized carbons (Fsp3) is 0.389. The molecule has 1 heterocycles. The topological polar surface area (TPSA) is 115 Å². The van der Waals surface area contributed by atoms with Crippen LogP contribution >= 0.6 is 0 Å². The number of hydrogen-bond donors (Lipinski definition) is 2. The van der Waals surface area contributed by atoms with E-state index in [1.807, 2.05) is 13.0 Å². The SMILES string of the molecule is C[C@H](c1cccc(S(N)(=O)=O)c1)N(C)C(=O)NCCCOCc1ccco1. The number of primary sulfonamides is 1. The van der Waals surface area contributed by atoms with E-state index in [0.717, 1.165) is 5.76 Å². The highest BCUT2D eigenvalue weighted by atomic mass is 32.2. The van der Waals surface area contributed by atoms with Gasteiger partial charge in [-0.2, -0.15) is 0 Å². The fourth-order valence-corrected chi connectivity index (χ4v) is 2.98. The molecule has 0 bridgehead atoms. The van der Waals surface area contributed by atoms with E-state index < -0.39 is 10.0 Å². The van der Waals surface area contributed by atoms with Crippen LogP contribution in [-0.2, 0) is 21.4 Å². The van der Waals surface area contributed by atoms with Crippen molar-refractivity contribution in [1.29, 1.82) is 0 Å². The molecule has 0 saturated carbocycles. The maximum Gasteiger partial charge on any atom is 0.317 e. The van der Waals surface area contributed by atoms with Crippen LogP contribution in [0.25, 0.3) is 0 Å². The second kappa shape index (κ2) is 9.54. The zero-order valence-corrected chi connectivity index (χ0v) is 16.2. The minimum absolute atomic E-state index is 0.0226. The summed E-state index contributed by atoms with van der Waals surface area (Å²) in [5.74, 6) is 0.759. The molecule has 0 aliphatic rings. The van der Waals surface area contributed by atoms with Gasteiger partial charge in [-0.1, -0.05) is 12.1 Å². The van der Waals surface area contributed by atoms with E-state index in [9.17, 15) is 13.2 Å². The molecule has 0 radical (unpaired) electrons. The normalized spacial score (nSPS) is 12.6. The van der Waals surface area contributed by atoms with Crippen LogP contribution in [0.2, 0.25) is 0 Å². The Labute approximate surface area is 159 Å². The molecule has 2 rings (SSSR count). The number of ether oxygens (including phenoxy) is 1. The fourth-order valence-electron chi connectivity index (χ4n) is 2.41. The van der Waals surface area contributed by atoms with Gasteiger partial charge >= 0.3 is 6.03 Å². The molecule has 9 heteroatoms. The maximum absolute atomic E-state index is 12.3. The first kappa shape index (κ1) is 20.9. The van der Waals surface area contributed by atoms with Gasteiger partial charge in [-0.25, -0.2) is 18.4 Å². The van der Waals surface area contributed by atoms with Gasteiger partial charge in [0, 0.05) is 20.2 Å². The van der Waals surface area contributed by atoms with Gasteiger partial charge in [0.05, 0.1) is 17.2 Å². The summed E-state index contributed by atoms with van der Waals surface area (Å²) >= 11 is 0. The van der Waals surface area contributed by atoms with E-state index in [4.69, 9.17) is 14.3 Å². The standard InChI is InChI=1S/C18H25N3O5S/c1-14(15-6-3-8-17(12-15)27(19,23)24)21(2)18(22)20-9-5-10-25-13-16-7-4-11-26-16/h3-4,6-8,11-12,14H,5,9-10,13H2,1-2H3,(H,20,22)(H2,19,23,24)/t14-/m1/s1. The molecular formula is C18H25N3O5S. The first-order valence-electron chi connectivity index (χ1n) is 8.52. The van der Waals surface area contributed by atoms with Crippen molar-refractivity contribution in [3.63, 3.8) is 0 Å². The van der Waals surface area contributed by atoms with Crippen molar-refractivity contribution in [3.8, 4) is 0 Å². The third-order valence-corrected chi connectivity index (χ3v) is 5.05. The van der Waals surface area contributed by atoms with Crippen LogP contribution in [0.1, 0.15) is 30.7 Å². The number of rotatable bonds is 9. The summed E-state index contributed by atoms with van der Waals surface area (Å²) in [6, 6.07) is 9.33. The van der Waals surface area contributed by atoms with Crippen molar-refractivity contribution >= 4 is 16.1 Å². The van der Waals surface area contributed by atoms with E-state index in [0.29, 0.717) is 31.7 Å². The Morgan fingerprint density at radius 1 is 1.33 bits per heavy atom. The number of sulfonamides is 1. The lowest BCUT2D eigenvalue weighted by atomic mass is 10.1. The van der Waals surface area contributed by atoms with Crippen molar-refractivity contribution in [1.82, 2.24) is 10.2 Å². The van der Waals surface area contributed by atoms with Crippen LogP contribution in [0.4, 0.5) is 4.79 Å². The summed E-state index contributed by atoms with van der Waals surface area (Å²) in [5, 5.41) is 7.97. The molecule has 148 valence electrons. The molecule has 1 atom stereocenters. The molecule has 1 aromatic heterocycles. The molecule has 1 aromatic carbocycles. The maximum atomic E-state index is 12.3. The van der Waals surface area contributed by atoms with Gasteiger partial charge in [-0.15, -0.1) is 0 Å². The largest absolute Gasteiger partial charge is 0.467 e. The van der Waals surface area contributed by atoms with Crippen molar-refractivity contribution in [2.45, 2.75) is 30.9 Å². The molecule has 27 heavy (non-hydrogen) atoms. The Morgan fingerprint density at radius 2 is 2.11 bits per heavy atom. The first-order valence-corrected chi connectivity index (χ1v) is 10.1. The summed E-state index contributed by atoms with van der Waals surface area (Å²) in [6.07, 6.45) is 2.25. The summed E-state index contributed by atoms with van der Waals surface area (Å²) < 4.78 is 33.6. The monoisotopic (exact) mass is 395 g/mol. The summed E-state index contributed by atoms with van der Waals surface area (Å²) in [7, 11) is -2.13. The van der Waals surface area contributed by atoms with Gasteiger partial charge in [0.1, 0.15) is 12.4 Å². The van der Waals surface area contributed by atoms with Crippen molar-refractivity contribution in [2.75, 3.05) is 20.2 Å². The smallest absolute Gasteiger partial charge is 0.317 e. The lowest BCUT2D eigenvalue weighted by molar-refractivity contribution is 0.104. The molecule has 0 spiro atoms. The van der Waals surface area contributed by atoms with Crippen LogP contribution in [0.15, 0.2) is 52.0 Å². The first-order chi connectivity index (χ1) is 12.8. The van der Waals surface area contributed by atoms with Gasteiger partial charge in [-0.05, 0) is 43.2 Å². The number of nitrogens with two attached hydrogens (primary N) is 1. The van der Waals surface area contributed by atoms with Crippen molar-refractivity contribution < 1.29 is 22.4 Å². The molecule has 2 aromatic rings. The second-order valence-electron chi connectivity index (χ2n) is 6.12. The number of amides is 2. The Bertz CT molecular complexity index is 836. The van der Waals surface area contributed by atoms with Gasteiger partial charge in [-0.3, -0.25) is 0 Å². The van der Waals surface area contributed by atoms with Gasteiger partial charge in [0.2, 0.25) is 10.0 Å². The lowest BCUT2D eigenvalue weighted by Gasteiger charge is -2.26. The Hall–Kier alpha value is -2.36. The number of carbonyl (C=O) groups excluding carboxylic acids is 1. The molecule has 3 N–H and O–H groups in total. The third kappa shape index (κ3) is 6.38. The molecule has 2 amide bonds. The minimum Gasteiger partial charge on any atom is -0.467 e. The quantitative estimate of drug-likeness (QED) is 0.632. The number of nitrogens with one attached hydrogen (secondary N) is 1. The number of carbonyl (C=O) groups is 1. The van der Waals surface area contributed by atoms with Crippen LogP contribution in [0.5, 0.6) is 0 Å². The van der Waals surface area contributed by atoms with Crippen LogP contribution in [0.3, 0.4) is 0 Å². The molecular weight excluding hydrogens is 370 g/mol. The predicted molar refractivity (Wildman–Crippen MR) is 100 cm³/mol.